The Bertz CT molecular complexity index is 275. The van der Waals surface area contributed by atoms with Crippen LogP contribution in [-0.2, 0) is 6.54 Å². The van der Waals surface area contributed by atoms with Crippen LogP contribution in [0.2, 0.25) is 0 Å². The predicted molar refractivity (Wildman–Crippen MR) is 37.8 cm³/mol. The lowest BCUT2D eigenvalue weighted by atomic mass is 10.4. The van der Waals surface area contributed by atoms with E-state index in [1.54, 1.807) is 19.9 Å². The predicted octanol–water partition coefficient (Wildman–Crippen LogP) is 2.06. The standard InChI is InChI=1S/C7H9F3N2/c1-5-3-6(2)12(11-5)4-7(8,9)10/h3H,4H2,1-2H3. The SMILES string of the molecule is Cc1cc(C)n(CC(F)(F)F)n1. The number of aryl methyl sites for hydroxylation is 2. The lowest BCUT2D eigenvalue weighted by molar-refractivity contribution is -0.142. The summed E-state index contributed by atoms with van der Waals surface area (Å²) in [5.74, 6) is 0. The quantitative estimate of drug-likeness (QED) is 0.643. The Labute approximate surface area is 68.0 Å². The van der Waals surface area contributed by atoms with Crippen molar-refractivity contribution in [1.82, 2.24) is 9.78 Å². The molecule has 0 radical (unpaired) electrons. The zero-order valence-electron chi connectivity index (χ0n) is 6.81. The summed E-state index contributed by atoms with van der Waals surface area (Å²) in [5.41, 5.74) is 1.14. The second-order valence-corrected chi connectivity index (χ2v) is 2.70. The number of alkyl halides is 3. The van der Waals surface area contributed by atoms with Gasteiger partial charge in [0.05, 0.1) is 5.69 Å². The van der Waals surface area contributed by atoms with Crippen LogP contribution in [0.1, 0.15) is 11.4 Å². The molecule has 68 valence electrons. The van der Waals surface area contributed by atoms with Crippen LogP contribution in [0.3, 0.4) is 0 Å². The largest absolute Gasteiger partial charge is 0.408 e. The summed E-state index contributed by atoms with van der Waals surface area (Å²) in [7, 11) is 0. The highest BCUT2D eigenvalue weighted by atomic mass is 19.4. The van der Waals surface area contributed by atoms with Crippen LogP contribution in [0.15, 0.2) is 6.07 Å². The molecule has 0 N–H and O–H groups in total. The van der Waals surface area contributed by atoms with Crippen molar-refractivity contribution in [3.8, 4) is 0 Å². The number of rotatable bonds is 1. The average molecular weight is 178 g/mol. The van der Waals surface area contributed by atoms with Gasteiger partial charge in [-0.05, 0) is 19.9 Å². The molecule has 2 nitrogen and oxygen atoms in total. The first-order valence-electron chi connectivity index (χ1n) is 3.46. The van der Waals surface area contributed by atoms with E-state index in [-0.39, 0.29) is 0 Å². The first kappa shape index (κ1) is 9.09. The fraction of sp³-hybridized carbons (Fsp3) is 0.571. The van der Waals surface area contributed by atoms with Crippen LogP contribution in [0.4, 0.5) is 13.2 Å². The molecule has 1 aromatic rings. The molecule has 0 atom stereocenters. The Morgan fingerprint density at radius 2 is 2.00 bits per heavy atom. The molecule has 0 fully saturated rings. The van der Waals surface area contributed by atoms with Gasteiger partial charge in [-0.3, -0.25) is 4.68 Å². The van der Waals surface area contributed by atoms with Gasteiger partial charge in [-0.1, -0.05) is 0 Å². The van der Waals surface area contributed by atoms with Gasteiger partial charge in [0.25, 0.3) is 0 Å². The van der Waals surface area contributed by atoms with Crippen LogP contribution in [0.25, 0.3) is 0 Å². The van der Waals surface area contributed by atoms with Crippen molar-refractivity contribution in [2.45, 2.75) is 26.6 Å². The Kier molecular flexibility index (Phi) is 2.12. The van der Waals surface area contributed by atoms with Crippen molar-refractivity contribution in [2.24, 2.45) is 0 Å². The molecule has 0 spiro atoms. The first-order chi connectivity index (χ1) is 5.38. The number of aromatic nitrogens is 2. The summed E-state index contributed by atoms with van der Waals surface area (Å²) in [6, 6.07) is 1.62. The number of hydrogen-bond acceptors (Lipinski definition) is 1. The topological polar surface area (TPSA) is 17.8 Å². The van der Waals surface area contributed by atoms with E-state index in [4.69, 9.17) is 0 Å². The molecular weight excluding hydrogens is 169 g/mol. The average Bonchev–Trinajstić information content (AvgIpc) is 2.06. The molecule has 0 aliphatic heterocycles. The van der Waals surface area contributed by atoms with Crippen molar-refractivity contribution >= 4 is 0 Å². The number of hydrogen-bond donors (Lipinski definition) is 0. The minimum absolute atomic E-state index is 0.532. The molecule has 12 heavy (non-hydrogen) atoms. The summed E-state index contributed by atoms with van der Waals surface area (Å²) in [5, 5.41) is 3.69. The molecule has 1 rings (SSSR count). The summed E-state index contributed by atoms with van der Waals surface area (Å²) in [6.45, 7) is 2.26. The Hall–Kier alpha value is -1.00. The van der Waals surface area contributed by atoms with Crippen molar-refractivity contribution in [3.05, 3.63) is 17.5 Å². The summed E-state index contributed by atoms with van der Waals surface area (Å²) in [6.07, 6.45) is -4.19. The van der Waals surface area contributed by atoms with Gasteiger partial charge >= 0.3 is 6.18 Å². The third-order valence-corrected chi connectivity index (χ3v) is 1.43. The normalized spacial score (nSPS) is 12.1. The smallest absolute Gasteiger partial charge is 0.260 e. The van der Waals surface area contributed by atoms with Crippen molar-refractivity contribution in [1.29, 1.82) is 0 Å². The van der Waals surface area contributed by atoms with Gasteiger partial charge in [-0.2, -0.15) is 18.3 Å². The van der Waals surface area contributed by atoms with Gasteiger partial charge in [0.15, 0.2) is 0 Å². The third-order valence-electron chi connectivity index (χ3n) is 1.43. The summed E-state index contributed by atoms with van der Waals surface area (Å²) in [4.78, 5) is 0. The van der Waals surface area contributed by atoms with Gasteiger partial charge in [0.1, 0.15) is 6.54 Å². The van der Waals surface area contributed by atoms with Crippen LogP contribution in [-0.4, -0.2) is 16.0 Å². The Morgan fingerprint density at radius 3 is 2.33 bits per heavy atom. The van der Waals surface area contributed by atoms with Gasteiger partial charge in [-0.25, -0.2) is 0 Å². The lowest BCUT2D eigenvalue weighted by Crippen LogP contribution is -2.19. The van der Waals surface area contributed by atoms with Crippen molar-refractivity contribution in [2.75, 3.05) is 0 Å². The fourth-order valence-electron chi connectivity index (χ4n) is 1.00. The zero-order valence-corrected chi connectivity index (χ0v) is 6.81. The van der Waals surface area contributed by atoms with E-state index in [0.29, 0.717) is 11.4 Å². The molecule has 0 saturated heterocycles. The second-order valence-electron chi connectivity index (χ2n) is 2.70. The molecule has 1 heterocycles. The lowest BCUT2D eigenvalue weighted by Gasteiger charge is -2.07. The van der Waals surface area contributed by atoms with Crippen molar-refractivity contribution in [3.63, 3.8) is 0 Å². The number of halogens is 3. The molecule has 0 amide bonds. The fourth-order valence-corrected chi connectivity index (χ4v) is 1.00. The monoisotopic (exact) mass is 178 g/mol. The Morgan fingerprint density at radius 1 is 1.42 bits per heavy atom. The van der Waals surface area contributed by atoms with Crippen LogP contribution >= 0.6 is 0 Å². The van der Waals surface area contributed by atoms with Gasteiger partial charge < -0.3 is 0 Å². The molecular formula is C7H9F3N2. The maximum atomic E-state index is 11.9. The highest BCUT2D eigenvalue weighted by Crippen LogP contribution is 2.18. The molecule has 1 aromatic heterocycles. The molecule has 0 bridgehead atoms. The number of nitrogens with zero attached hydrogens (tertiary/aromatic N) is 2. The zero-order chi connectivity index (χ0) is 9.35. The van der Waals surface area contributed by atoms with E-state index in [1.165, 1.54) is 0 Å². The molecule has 0 aliphatic rings. The summed E-state index contributed by atoms with van der Waals surface area (Å²) >= 11 is 0. The van der Waals surface area contributed by atoms with E-state index in [0.717, 1.165) is 4.68 Å². The van der Waals surface area contributed by atoms with E-state index in [1.807, 2.05) is 0 Å². The van der Waals surface area contributed by atoms with E-state index < -0.39 is 12.7 Å². The van der Waals surface area contributed by atoms with E-state index in [9.17, 15) is 13.2 Å². The molecule has 0 unspecified atom stereocenters. The van der Waals surface area contributed by atoms with Gasteiger partial charge in [0.2, 0.25) is 0 Å². The molecule has 5 heteroatoms. The van der Waals surface area contributed by atoms with Crippen LogP contribution in [0.5, 0.6) is 0 Å². The highest BCUT2D eigenvalue weighted by molar-refractivity contribution is 5.06. The highest BCUT2D eigenvalue weighted by Gasteiger charge is 2.28. The summed E-state index contributed by atoms with van der Waals surface area (Å²) < 4.78 is 36.6. The van der Waals surface area contributed by atoms with E-state index >= 15 is 0 Å². The minimum Gasteiger partial charge on any atom is -0.260 e. The maximum absolute atomic E-state index is 11.9. The Balaban J connectivity index is 2.82. The van der Waals surface area contributed by atoms with E-state index in [2.05, 4.69) is 5.10 Å². The second kappa shape index (κ2) is 2.80. The maximum Gasteiger partial charge on any atom is 0.408 e. The molecule has 0 aromatic carbocycles. The van der Waals surface area contributed by atoms with Gasteiger partial charge in [0, 0.05) is 5.69 Å². The molecule has 0 saturated carbocycles. The molecule has 0 aliphatic carbocycles. The van der Waals surface area contributed by atoms with Gasteiger partial charge in [-0.15, -0.1) is 0 Å². The third kappa shape index (κ3) is 2.25. The van der Waals surface area contributed by atoms with Crippen LogP contribution < -0.4 is 0 Å². The van der Waals surface area contributed by atoms with Crippen molar-refractivity contribution < 1.29 is 13.2 Å². The van der Waals surface area contributed by atoms with Crippen LogP contribution in [0, 0.1) is 13.8 Å². The minimum atomic E-state index is -4.19. The first-order valence-corrected chi connectivity index (χ1v) is 3.46.